The maximum atomic E-state index is 10.1. The molecular formula is C14H20O. The van der Waals surface area contributed by atoms with Crippen LogP contribution in [-0.4, -0.2) is 11.2 Å². The van der Waals surface area contributed by atoms with Crippen LogP contribution in [0.4, 0.5) is 0 Å². The molecule has 0 aliphatic carbocycles. The predicted molar refractivity (Wildman–Crippen MR) is 64.9 cm³/mol. The summed E-state index contributed by atoms with van der Waals surface area (Å²) >= 11 is 0. The number of aliphatic hydroxyl groups excluding tert-OH is 1. The topological polar surface area (TPSA) is 20.2 Å². The monoisotopic (exact) mass is 204 g/mol. The zero-order valence-corrected chi connectivity index (χ0v) is 9.61. The van der Waals surface area contributed by atoms with Gasteiger partial charge in [0.05, 0.1) is 6.10 Å². The number of hydrogen-bond donors (Lipinski definition) is 1. The fourth-order valence-corrected chi connectivity index (χ4v) is 1.70. The molecule has 0 heterocycles. The highest BCUT2D eigenvalue weighted by atomic mass is 16.3. The lowest BCUT2D eigenvalue weighted by Crippen LogP contribution is -2.33. The first-order valence-corrected chi connectivity index (χ1v) is 5.43. The molecule has 0 spiro atoms. The van der Waals surface area contributed by atoms with Gasteiger partial charge >= 0.3 is 0 Å². The normalized spacial score (nSPS) is 13.5. The lowest BCUT2D eigenvalue weighted by molar-refractivity contribution is 0.0922. The molecule has 0 saturated carbocycles. The van der Waals surface area contributed by atoms with Crippen LogP contribution in [0.25, 0.3) is 0 Å². The molecule has 82 valence electrons. The maximum absolute atomic E-state index is 10.1. The summed E-state index contributed by atoms with van der Waals surface area (Å²) in [6, 6.07) is 10.2. The molecule has 0 aliphatic rings. The van der Waals surface area contributed by atoms with Gasteiger partial charge in [-0.25, -0.2) is 0 Å². The Morgan fingerprint density at radius 2 is 1.93 bits per heavy atom. The average Bonchev–Trinajstić information content (AvgIpc) is 2.27. The fourth-order valence-electron chi connectivity index (χ4n) is 1.70. The van der Waals surface area contributed by atoms with E-state index in [0.717, 1.165) is 12.8 Å². The molecule has 1 N–H and O–H groups in total. The summed E-state index contributed by atoms with van der Waals surface area (Å²) in [4.78, 5) is 0. The van der Waals surface area contributed by atoms with Crippen LogP contribution in [0.15, 0.2) is 43.0 Å². The Morgan fingerprint density at radius 1 is 1.33 bits per heavy atom. The van der Waals surface area contributed by atoms with E-state index in [1.54, 1.807) is 0 Å². The summed E-state index contributed by atoms with van der Waals surface area (Å²) < 4.78 is 0. The lowest BCUT2D eigenvalue weighted by atomic mass is 9.78. The number of benzene rings is 1. The van der Waals surface area contributed by atoms with E-state index in [1.165, 1.54) is 5.56 Å². The molecule has 0 aliphatic heterocycles. The Balaban J connectivity index is 2.77. The molecule has 1 heteroatoms. The molecule has 1 aromatic rings. The van der Waals surface area contributed by atoms with Gasteiger partial charge in [0.1, 0.15) is 0 Å². The third-order valence-corrected chi connectivity index (χ3v) is 3.00. The van der Waals surface area contributed by atoms with E-state index < -0.39 is 0 Å². The Labute approximate surface area is 92.5 Å². The predicted octanol–water partition coefficient (Wildman–Crippen LogP) is 3.29. The second-order valence-corrected chi connectivity index (χ2v) is 4.47. The van der Waals surface area contributed by atoms with E-state index >= 15 is 0 Å². The van der Waals surface area contributed by atoms with E-state index in [-0.39, 0.29) is 11.5 Å². The van der Waals surface area contributed by atoms with Crippen molar-refractivity contribution in [2.24, 2.45) is 0 Å². The fraction of sp³-hybridized carbons (Fsp3) is 0.429. The van der Waals surface area contributed by atoms with Gasteiger partial charge in [0.2, 0.25) is 0 Å². The van der Waals surface area contributed by atoms with Gasteiger partial charge in [0.25, 0.3) is 0 Å². The SMILES string of the molecule is C=CCCC(O)C(C)(C)c1ccccc1. The van der Waals surface area contributed by atoms with Crippen molar-refractivity contribution in [2.45, 2.75) is 38.2 Å². The molecule has 1 atom stereocenters. The molecule has 0 fully saturated rings. The molecule has 1 nitrogen and oxygen atoms in total. The van der Waals surface area contributed by atoms with Crippen molar-refractivity contribution < 1.29 is 5.11 Å². The van der Waals surface area contributed by atoms with Crippen molar-refractivity contribution in [1.82, 2.24) is 0 Å². The van der Waals surface area contributed by atoms with Crippen LogP contribution in [0.3, 0.4) is 0 Å². The summed E-state index contributed by atoms with van der Waals surface area (Å²) in [6.07, 6.45) is 3.16. The molecule has 0 amide bonds. The minimum Gasteiger partial charge on any atom is -0.392 e. The second-order valence-electron chi connectivity index (χ2n) is 4.47. The van der Waals surface area contributed by atoms with Crippen LogP contribution in [0.2, 0.25) is 0 Å². The van der Waals surface area contributed by atoms with Gasteiger partial charge in [-0.1, -0.05) is 50.3 Å². The van der Waals surface area contributed by atoms with Crippen LogP contribution in [-0.2, 0) is 5.41 Å². The number of aliphatic hydroxyl groups is 1. The molecule has 0 radical (unpaired) electrons. The molecule has 1 unspecified atom stereocenters. The minimum atomic E-state index is -0.321. The van der Waals surface area contributed by atoms with Crippen LogP contribution in [0.1, 0.15) is 32.3 Å². The van der Waals surface area contributed by atoms with Gasteiger partial charge in [-0.3, -0.25) is 0 Å². The molecule has 1 aromatic carbocycles. The third-order valence-electron chi connectivity index (χ3n) is 3.00. The van der Waals surface area contributed by atoms with Gasteiger partial charge in [-0.2, -0.15) is 0 Å². The van der Waals surface area contributed by atoms with Crippen LogP contribution in [0, 0.1) is 0 Å². The van der Waals surface area contributed by atoms with Gasteiger partial charge in [0.15, 0.2) is 0 Å². The summed E-state index contributed by atoms with van der Waals surface area (Å²) in [5.74, 6) is 0. The van der Waals surface area contributed by atoms with E-state index in [1.807, 2.05) is 24.3 Å². The summed E-state index contributed by atoms with van der Waals surface area (Å²) in [5, 5.41) is 10.1. The van der Waals surface area contributed by atoms with Crippen LogP contribution in [0.5, 0.6) is 0 Å². The van der Waals surface area contributed by atoms with Gasteiger partial charge in [-0.15, -0.1) is 6.58 Å². The van der Waals surface area contributed by atoms with Crippen molar-refractivity contribution in [2.75, 3.05) is 0 Å². The lowest BCUT2D eigenvalue weighted by Gasteiger charge is -2.31. The second kappa shape index (κ2) is 5.13. The van der Waals surface area contributed by atoms with Crippen molar-refractivity contribution in [1.29, 1.82) is 0 Å². The minimum absolute atomic E-state index is 0.190. The first kappa shape index (κ1) is 12.0. The first-order chi connectivity index (χ1) is 7.09. The molecule has 0 aromatic heterocycles. The van der Waals surface area contributed by atoms with E-state index in [9.17, 15) is 5.11 Å². The quantitative estimate of drug-likeness (QED) is 0.730. The summed E-state index contributed by atoms with van der Waals surface area (Å²) in [7, 11) is 0. The average molecular weight is 204 g/mol. The van der Waals surface area contributed by atoms with Gasteiger partial charge in [0, 0.05) is 5.41 Å². The molecule has 0 bridgehead atoms. The van der Waals surface area contributed by atoms with Gasteiger partial charge < -0.3 is 5.11 Å². The number of rotatable bonds is 5. The van der Waals surface area contributed by atoms with Crippen molar-refractivity contribution in [3.8, 4) is 0 Å². The highest BCUT2D eigenvalue weighted by Crippen LogP contribution is 2.29. The standard InChI is InChI=1S/C14H20O/c1-4-5-11-13(15)14(2,3)12-9-7-6-8-10-12/h4,6-10,13,15H,1,5,11H2,2-3H3. The van der Waals surface area contributed by atoms with E-state index in [0.29, 0.717) is 0 Å². The zero-order chi connectivity index (χ0) is 11.3. The summed E-state index contributed by atoms with van der Waals surface area (Å²) in [5.41, 5.74) is 0.992. The molecule has 15 heavy (non-hydrogen) atoms. The number of hydrogen-bond acceptors (Lipinski definition) is 1. The molecule has 0 saturated heterocycles. The molecular weight excluding hydrogens is 184 g/mol. The Morgan fingerprint density at radius 3 is 2.47 bits per heavy atom. The third kappa shape index (κ3) is 2.93. The van der Waals surface area contributed by atoms with Crippen LogP contribution >= 0.6 is 0 Å². The van der Waals surface area contributed by atoms with Gasteiger partial charge in [-0.05, 0) is 18.4 Å². The van der Waals surface area contributed by atoms with E-state index in [2.05, 4.69) is 32.6 Å². The maximum Gasteiger partial charge on any atom is 0.0634 e. The number of allylic oxidation sites excluding steroid dienone is 1. The highest BCUT2D eigenvalue weighted by molar-refractivity contribution is 5.24. The smallest absolute Gasteiger partial charge is 0.0634 e. The Kier molecular flexibility index (Phi) is 4.10. The van der Waals surface area contributed by atoms with Crippen molar-refractivity contribution in [3.05, 3.63) is 48.6 Å². The first-order valence-electron chi connectivity index (χ1n) is 5.43. The molecule has 1 rings (SSSR count). The van der Waals surface area contributed by atoms with E-state index in [4.69, 9.17) is 0 Å². The Bertz CT molecular complexity index is 300. The summed E-state index contributed by atoms with van der Waals surface area (Å²) in [6.45, 7) is 7.84. The van der Waals surface area contributed by atoms with Crippen molar-refractivity contribution in [3.63, 3.8) is 0 Å². The highest BCUT2D eigenvalue weighted by Gasteiger charge is 2.28. The Hall–Kier alpha value is -1.08. The zero-order valence-electron chi connectivity index (χ0n) is 9.61. The largest absolute Gasteiger partial charge is 0.392 e. The van der Waals surface area contributed by atoms with Crippen molar-refractivity contribution >= 4 is 0 Å². The van der Waals surface area contributed by atoms with Crippen LogP contribution < -0.4 is 0 Å².